The molecular formula is C16H25NO. The summed E-state index contributed by atoms with van der Waals surface area (Å²) in [6.45, 7) is 6.54. The van der Waals surface area contributed by atoms with Crippen LogP contribution in [-0.2, 0) is 6.54 Å². The molecule has 1 aliphatic rings. The Kier molecular flexibility index (Phi) is 4.28. The molecule has 100 valence electrons. The fourth-order valence-corrected chi connectivity index (χ4v) is 2.85. The lowest BCUT2D eigenvalue weighted by Gasteiger charge is -2.41. The van der Waals surface area contributed by atoms with E-state index < -0.39 is 0 Å². The van der Waals surface area contributed by atoms with Crippen molar-refractivity contribution < 1.29 is 4.74 Å². The summed E-state index contributed by atoms with van der Waals surface area (Å²) in [5.74, 6) is 0.975. The van der Waals surface area contributed by atoms with Crippen molar-refractivity contribution in [2.75, 3.05) is 13.7 Å². The molecule has 0 saturated heterocycles. The second kappa shape index (κ2) is 5.75. The van der Waals surface area contributed by atoms with E-state index in [2.05, 4.69) is 37.4 Å². The van der Waals surface area contributed by atoms with E-state index in [0.29, 0.717) is 5.41 Å². The maximum Gasteiger partial charge on any atom is 0.121 e. The van der Waals surface area contributed by atoms with Gasteiger partial charge in [-0.1, -0.05) is 25.5 Å². The summed E-state index contributed by atoms with van der Waals surface area (Å²) in [5, 5.41) is 3.62. The van der Waals surface area contributed by atoms with Gasteiger partial charge in [-0.15, -0.1) is 0 Å². The van der Waals surface area contributed by atoms with Gasteiger partial charge in [0.2, 0.25) is 0 Å². The third-order valence-corrected chi connectivity index (χ3v) is 4.45. The van der Waals surface area contributed by atoms with Crippen LogP contribution < -0.4 is 10.1 Å². The van der Waals surface area contributed by atoms with Gasteiger partial charge in [-0.3, -0.25) is 0 Å². The van der Waals surface area contributed by atoms with E-state index in [1.807, 2.05) is 0 Å². The van der Waals surface area contributed by atoms with Crippen LogP contribution in [0.1, 0.15) is 43.7 Å². The van der Waals surface area contributed by atoms with Gasteiger partial charge in [0.05, 0.1) is 7.11 Å². The third kappa shape index (κ3) is 2.86. The van der Waals surface area contributed by atoms with Gasteiger partial charge in [-0.25, -0.2) is 0 Å². The zero-order valence-electron chi connectivity index (χ0n) is 11.9. The molecule has 0 heterocycles. The van der Waals surface area contributed by atoms with E-state index in [0.717, 1.165) is 18.8 Å². The molecule has 0 radical (unpaired) electrons. The van der Waals surface area contributed by atoms with Gasteiger partial charge < -0.3 is 10.1 Å². The van der Waals surface area contributed by atoms with E-state index in [9.17, 15) is 0 Å². The topological polar surface area (TPSA) is 21.3 Å². The molecule has 0 spiro atoms. The van der Waals surface area contributed by atoms with E-state index >= 15 is 0 Å². The monoisotopic (exact) mass is 247 g/mol. The lowest BCUT2D eigenvalue weighted by molar-refractivity contribution is 0.124. The number of methoxy groups -OCH3 is 1. The first kappa shape index (κ1) is 13.4. The highest BCUT2D eigenvalue weighted by Gasteiger charge is 2.34. The Bertz CT molecular complexity index is 391. The van der Waals surface area contributed by atoms with Crippen LogP contribution in [0, 0.1) is 12.3 Å². The molecule has 0 atom stereocenters. The maximum absolute atomic E-state index is 5.28. The number of ether oxygens (including phenoxy) is 1. The molecule has 0 aromatic heterocycles. The van der Waals surface area contributed by atoms with Gasteiger partial charge in [0.15, 0.2) is 0 Å². The van der Waals surface area contributed by atoms with Crippen LogP contribution in [0.5, 0.6) is 5.75 Å². The highest BCUT2D eigenvalue weighted by Crippen LogP contribution is 2.43. The van der Waals surface area contributed by atoms with E-state index in [1.165, 1.54) is 36.8 Å². The first-order valence-electron chi connectivity index (χ1n) is 7.03. The Hall–Kier alpha value is -1.02. The normalized spacial score (nSPS) is 17.3. The minimum absolute atomic E-state index is 0.599. The molecule has 2 nitrogen and oxygen atoms in total. The summed E-state index contributed by atoms with van der Waals surface area (Å²) in [6, 6.07) is 6.43. The summed E-state index contributed by atoms with van der Waals surface area (Å²) >= 11 is 0. The predicted octanol–water partition coefficient (Wildman–Crippen LogP) is 3.67. The number of hydrogen-bond acceptors (Lipinski definition) is 2. The largest absolute Gasteiger partial charge is 0.496 e. The molecular weight excluding hydrogens is 222 g/mol. The van der Waals surface area contributed by atoms with Gasteiger partial charge in [0.1, 0.15) is 5.75 Å². The highest BCUT2D eigenvalue weighted by molar-refractivity contribution is 5.36. The number of aryl methyl sites for hydroxylation is 1. The molecule has 0 bridgehead atoms. The molecule has 1 aromatic carbocycles. The molecule has 1 fully saturated rings. The maximum atomic E-state index is 5.28. The molecule has 1 aliphatic carbocycles. The van der Waals surface area contributed by atoms with E-state index in [4.69, 9.17) is 4.74 Å². The summed E-state index contributed by atoms with van der Waals surface area (Å²) in [6.07, 6.45) is 5.52. The van der Waals surface area contributed by atoms with Crippen molar-refractivity contribution in [2.45, 2.75) is 46.1 Å². The Morgan fingerprint density at radius 3 is 2.61 bits per heavy atom. The van der Waals surface area contributed by atoms with Gasteiger partial charge in [-0.05, 0) is 48.8 Å². The minimum atomic E-state index is 0.599. The lowest BCUT2D eigenvalue weighted by atomic mass is 9.67. The second-order valence-corrected chi connectivity index (χ2v) is 5.61. The first-order chi connectivity index (χ1) is 8.69. The molecule has 1 aromatic rings. The molecule has 18 heavy (non-hydrogen) atoms. The quantitative estimate of drug-likeness (QED) is 0.828. The average Bonchev–Trinajstić information content (AvgIpc) is 2.33. The van der Waals surface area contributed by atoms with Crippen LogP contribution in [-0.4, -0.2) is 13.7 Å². The molecule has 2 heteroatoms. The van der Waals surface area contributed by atoms with Gasteiger partial charge >= 0.3 is 0 Å². The first-order valence-corrected chi connectivity index (χ1v) is 7.03. The second-order valence-electron chi connectivity index (χ2n) is 5.61. The summed E-state index contributed by atoms with van der Waals surface area (Å²) in [5.41, 5.74) is 3.16. The van der Waals surface area contributed by atoms with Crippen LogP contribution in [0.25, 0.3) is 0 Å². The number of nitrogens with one attached hydrogen (secondary N) is 1. The molecule has 2 rings (SSSR count). The Balaban J connectivity index is 1.85. The van der Waals surface area contributed by atoms with Crippen LogP contribution in [0.2, 0.25) is 0 Å². The minimum Gasteiger partial charge on any atom is -0.496 e. The smallest absolute Gasteiger partial charge is 0.121 e. The third-order valence-electron chi connectivity index (χ3n) is 4.45. The Morgan fingerprint density at radius 2 is 2.11 bits per heavy atom. The van der Waals surface area contributed by atoms with Crippen molar-refractivity contribution in [3.8, 4) is 5.75 Å². The van der Waals surface area contributed by atoms with Crippen LogP contribution in [0.4, 0.5) is 0 Å². The van der Waals surface area contributed by atoms with Gasteiger partial charge in [0, 0.05) is 13.1 Å². The van der Waals surface area contributed by atoms with Crippen molar-refractivity contribution in [3.63, 3.8) is 0 Å². The standard InChI is InChI=1S/C16H25NO/c1-4-16(8-5-9-16)12-17-11-14-6-7-15(18-3)13(2)10-14/h6-7,10,17H,4-5,8-9,11-12H2,1-3H3. The van der Waals surface area contributed by atoms with Crippen LogP contribution >= 0.6 is 0 Å². The van der Waals surface area contributed by atoms with Crippen molar-refractivity contribution in [1.82, 2.24) is 5.32 Å². The SMILES string of the molecule is CCC1(CNCc2ccc(OC)c(C)c2)CCC1. The van der Waals surface area contributed by atoms with Crippen LogP contribution in [0.3, 0.4) is 0 Å². The van der Waals surface area contributed by atoms with Crippen molar-refractivity contribution in [2.24, 2.45) is 5.41 Å². The average molecular weight is 247 g/mol. The van der Waals surface area contributed by atoms with Crippen LogP contribution in [0.15, 0.2) is 18.2 Å². The number of benzene rings is 1. The van der Waals surface area contributed by atoms with Gasteiger partial charge in [-0.2, -0.15) is 0 Å². The summed E-state index contributed by atoms with van der Waals surface area (Å²) in [7, 11) is 1.72. The number of hydrogen-bond donors (Lipinski definition) is 1. The Labute approximate surface area is 111 Å². The Morgan fingerprint density at radius 1 is 1.33 bits per heavy atom. The predicted molar refractivity (Wildman–Crippen MR) is 76.0 cm³/mol. The highest BCUT2D eigenvalue weighted by atomic mass is 16.5. The zero-order chi connectivity index (χ0) is 13.0. The summed E-state index contributed by atoms with van der Waals surface area (Å²) in [4.78, 5) is 0. The van der Waals surface area contributed by atoms with Crippen molar-refractivity contribution in [3.05, 3.63) is 29.3 Å². The fourth-order valence-electron chi connectivity index (χ4n) is 2.85. The zero-order valence-corrected chi connectivity index (χ0v) is 11.9. The molecule has 1 N–H and O–H groups in total. The molecule has 0 amide bonds. The van der Waals surface area contributed by atoms with Crippen molar-refractivity contribution in [1.29, 1.82) is 0 Å². The molecule has 1 saturated carbocycles. The molecule has 0 unspecified atom stereocenters. The van der Waals surface area contributed by atoms with Gasteiger partial charge in [0.25, 0.3) is 0 Å². The van der Waals surface area contributed by atoms with E-state index in [-0.39, 0.29) is 0 Å². The van der Waals surface area contributed by atoms with E-state index in [1.54, 1.807) is 7.11 Å². The van der Waals surface area contributed by atoms with Crippen molar-refractivity contribution >= 4 is 0 Å². The summed E-state index contributed by atoms with van der Waals surface area (Å²) < 4.78 is 5.28. The molecule has 0 aliphatic heterocycles. The number of rotatable bonds is 6. The fraction of sp³-hybridized carbons (Fsp3) is 0.625. The lowest BCUT2D eigenvalue weighted by Crippen LogP contribution is -2.39.